The Morgan fingerprint density at radius 1 is 1.27 bits per heavy atom. The van der Waals surface area contributed by atoms with Crippen molar-refractivity contribution >= 4 is 29.0 Å². The number of nitrogens with one attached hydrogen (secondary N) is 2. The second-order valence-corrected chi connectivity index (χ2v) is 4.36. The number of nitrogens with two attached hydrogens (primary N) is 1. The van der Waals surface area contributed by atoms with Crippen LogP contribution in [-0.4, -0.2) is 24.8 Å². The molecule has 0 aliphatic carbocycles. The first-order chi connectivity index (χ1) is 10.6. The highest BCUT2D eigenvalue weighted by atomic mass is 16.5. The van der Waals surface area contributed by atoms with E-state index in [0.29, 0.717) is 23.8 Å². The lowest BCUT2D eigenvalue weighted by atomic mass is 10.3. The minimum atomic E-state index is -0.542. The Morgan fingerprint density at radius 3 is 2.59 bits per heavy atom. The average molecular weight is 302 g/mol. The van der Waals surface area contributed by atoms with Crippen molar-refractivity contribution in [3.05, 3.63) is 36.5 Å². The van der Waals surface area contributed by atoms with Gasteiger partial charge in [-0.05, 0) is 37.3 Å². The van der Waals surface area contributed by atoms with E-state index in [1.165, 1.54) is 6.20 Å². The molecule has 0 spiro atoms. The highest BCUT2D eigenvalue weighted by Crippen LogP contribution is 2.24. The van der Waals surface area contributed by atoms with E-state index >= 15 is 0 Å². The van der Waals surface area contributed by atoms with Gasteiger partial charge in [-0.25, -0.2) is 9.78 Å². The second kappa shape index (κ2) is 7.16. The molecule has 7 heteroatoms. The van der Waals surface area contributed by atoms with Crippen molar-refractivity contribution < 1.29 is 14.3 Å². The molecule has 0 aliphatic heterocycles. The molecule has 22 heavy (non-hydrogen) atoms. The van der Waals surface area contributed by atoms with E-state index in [2.05, 4.69) is 15.6 Å². The van der Waals surface area contributed by atoms with Gasteiger partial charge in [0.2, 0.25) is 0 Å². The maximum absolute atomic E-state index is 11.3. The Morgan fingerprint density at radius 2 is 2.00 bits per heavy atom. The highest BCUT2D eigenvalue weighted by molar-refractivity contribution is 5.86. The van der Waals surface area contributed by atoms with Crippen LogP contribution in [0.5, 0.6) is 5.75 Å². The van der Waals surface area contributed by atoms with Gasteiger partial charge in [0.25, 0.3) is 0 Å². The van der Waals surface area contributed by atoms with Gasteiger partial charge in [0.15, 0.2) is 5.82 Å². The zero-order valence-corrected chi connectivity index (χ0v) is 12.4. The first kappa shape index (κ1) is 15.4. The Bertz CT molecular complexity index is 644. The fraction of sp³-hybridized carbons (Fsp3) is 0.200. The third kappa shape index (κ3) is 4.02. The van der Waals surface area contributed by atoms with E-state index in [0.717, 1.165) is 11.4 Å². The molecule has 0 fully saturated rings. The molecule has 0 saturated carbocycles. The van der Waals surface area contributed by atoms with Crippen LogP contribution in [0.3, 0.4) is 0 Å². The summed E-state index contributed by atoms with van der Waals surface area (Å²) >= 11 is 0. The maximum Gasteiger partial charge on any atom is 0.411 e. The fourth-order valence-corrected chi connectivity index (χ4v) is 1.75. The van der Waals surface area contributed by atoms with Crippen molar-refractivity contribution in [1.29, 1.82) is 0 Å². The van der Waals surface area contributed by atoms with Gasteiger partial charge >= 0.3 is 6.09 Å². The van der Waals surface area contributed by atoms with Gasteiger partial charge in [-0.3, -0.25) is 5.32 Å². The molecule has 4 N–H and O–H groups in total. The summed E-state index contributed by atoms with van der Waals surface area (Å²) in [6.45, 7) is 2.03. The normalized spacial score (nSPS) is 9.91. The number of ether oxygens (including phenoxy) is 2. The second-order valence-electron chi connectivity index (χ2n) is 4.36. The molecular weight excluding hydrogens is 284 g/mol. The van der Waals surface area contributed by atoms with Gasteiger partial charge in [-0.2, -0.15) is 0 Å². The fourth-order valence-electron chi connectivity index (χ4n) is 1.75. The van der Waals surface area contributed by atoms with Gasteiger partial charge in [-0.15, -0.1) is 0 Å². The van der Waals surface area contributed by atoms with Crippen LogP contribution in [-0.2, 0) is 4.74 Å². The number of nitrogens with zero attached hydrogens (tertiary/aromatic N) is 1. The van der Waals surface area contributed by atoms with Gasteiger partial charge < -0.3 is 20.5 Å². The van der Waals surface area contributed by atoms with Crippen molar-refractivity contribution in [2.45, 2.75) is 6.92 Å². The van der Waals surface area contributed by atoms with Crippen LogP contribution in [0.25, 0.3) is 0 Å². The summed E-state index contributed by atoms with van der Waals surface area (Å²) in [6.07, 6.45) is 0.957. The van der Waals surface area contributed by atoms with E-state index in [1.54, 1.807) is 20.1 Å². The molecule has 0 saturated heterocycles. The number of aromatic nitrogens is 1. The molecule has 0 aliphatic rings. The van der Waals surface area contributed by atoms with Crippen molar-refractivity contribution in [2.75, 3.05) is 30.1 Å². The largest absolute Gasteiger partial charge is 0.497 e. The summed E-state index contributed by atoms with van der Waals surface area (Å²) in [5.41, 5.74) is 7.63. The van der Waals surface area contributed by atoms with Gasteiger partial charge in [0.05, 0.1) is 31.3 Å². The number of methoxy groups -OCH3 is 1. The molecule has 1 aromatic heterocycles. The first-order valence-electron chi connectivity index (χ1n) is 6.72. The summed E-state index contributed by atoms with van der Waals surface area (Å²) in [5.74, 6) is 1.26. The maximum atomic E-state index is 11.3. The predicted molar refractivity (Wildman–Crippen MR) is 85.6 cm³/mol. The summed E-state index contributed by atoms with van der Waals surface area (Å²) in [6, 6.07) is 8.97. The standard InChI is InChI=1S/C15H18N4O3/c1-3-22-15(20)19-11-8-13(16)14(17-9-11)18-10-4-6-12(21-2)7-5-10/h4-9H,3,16H2,1-2H3,(H,17,18)(H,19,20). The number of anilines is 4. The SMILES string of the molecule is CCOC(=O)Nc1cnc(Nc2ccc(OC)cc2)c(N)c1. The lowest BCUT2D eigenvalue weighted by Gasteiger charge is -2.11. The molecule has 2 rings (SSSR count). The zero-order chi connectivity index (χ0) is 15.9. The molecule has 0 bridgehead atoms. The summed E-state index contributed by atoms with van der Waals surface area (Å²) in [7, 11) is 1.61. The van der Waals surface area contributed by atoms with Crippen molar-refractivity contribution in [1.82, 2.24) is 4.98 Å². The van der Waals surface area contributed by atoms with Gasteiger partial charge in [-0.1, -0.05) is 0 Å². The molecule has 0 radical (unpaired) electrons. The minimum Gasteiger partial charge on any atom is -0.497 e. The quantitative estimate of drug-likeness (QED) is 0.785. The van der Waals surface area contributed by atoms with Crippen LogP contribution >= 0.6 is 0 Å². The number of carbonyl (C=O) groups excluding carboxylic acids is 1. The highest BCUT2D eigenvalue weighted by Gasteiger charge is 2.06. The number of pyridine rings is 1. The summed E-state index contributed by atoms with van der Waals surface area (Å²) in [4.78, 5) is 15.5. The number of carbonyl (C=O) groups is 1. The third-order valence-corrected chi connectivity index (χ3v) is 2.79. The van der Waals surface area contributed by atoms with Gasteiger partial charge in [0.1, 0.15) is 5.75 Å². The number of amides is 1. The summed E-state index contributed by atoms with van der Waals surface area (Å²) in [5, 5.41) is 5.64. The van der Waals surface area contributed by atoms with Crippen molar-refractivity contribution in [2.24, 2.45) is 0 Å². The van der Waals surface area contributed by atoms with E-state index in [1.807, 2.05) is 24.3 Å². The molecule has 1 aromatic carbocycles. The predicted octanol–water partition coefficient (Wildman–Crippen LogP) is 2.98. The van der Waals surface area contributed by atoms with E-state index < -0.39 is 6.09 Å². The molecule has 2 aromatic rings. The molecule has 0 unspecified atom stereocenters. The molecule has 0 atom stereocenters. The minimum absolute atomic E-state index is 0.297. The molecule has 116 valence electrons. The molecular formula is C15H18N4O3. The monoisotopic (exact) mass is 302 g/mol. The Labute approximate surface area is 128 Å². The third-order valence-electron chi connectivity index (χ3n) is 2.79. The van der Waals surface area contributed by atoms with Crippen LogP contribution in [0, 0.1) is 0 Å². The zero-order valence-electron chi connectivity index (χ0n) is 12.4. The molecule has 1 amide bonds. The van der Waals surface area contributed by atoms with Crippen LogP contribution in [0.15, 0.2) is 36.5 Å². The number of benzene rings is 1. The summed E-state index contributed by atoms with van der Waals surface area (Å²) < 4.78 is 9.88. The average Bonchev–Trinajstić information content (AvgIpc) is 2.51. The number of hydrogen-bond donors (Lipinski definition) is 3. The van der Waals surface area contributed by atoms with Crippen LogP contribution < -0.4 is 21.1 Å². The Kier molecular flexibility index (Phi) is 5.02. The van der Waals surface area contributed by atoms with Crippen LogP contribution in [0.4, 0.5) is 27.7 Å². The van der Waals surface area contributed by atoms with Gasteiger partial charge in [0, 0.05) is 5.69 Å². The first-order valence-corrected chi connectivity index (χ1v) is 6.72. The van der Waals surface area contributed by atoms with Crippen molar-refractivity contribution in [3.63, 3.8) is 0 Å². The van der Waals surface area contributed by atoms with E-state index in [4.69, 9.17) is 15.2 Å². The van der Waals surface area contributed by atoms with E-state index in [9.17, 15) is 4.79 Å². The topological polar surface area (TPSA) is 98.5 Å². The Hall–Kier alpha value is -2.96. The van der Waals surface area contributed by atoms with Crippen LogP contribution in [0.2, 0.25) is 0 Å². The number of rotatable bonds is 5. The Balaban J connectivity index is 2.07. The van der Waals surface area contributed by atoms with Crippen molar-refractivity contribution in [3.8, 4) is 5.75 Å². The lowest BCUT2D eigenvalue weighted by molar-refractivity contribution is 0.168. The van der Waals surface area contributed by atoms with Crippen LogP contribution in [0.1, 0.15) is 6.92 Å². The smallest absolute Gasteiger partial charge is 0.411 e. The van der Waals surface area contributed by atoms with E-state index in [-0.39, 0.29) is 0 Å². The number of hydrogen-bond acceptors (Lipinski definition) is 6. The lowest BCUT2D eigenvalue weighted by Crippen LogP contribution is -2.14. The molecule has 1 heterocycles. The molecule has 7 nitrogen and oxygen atoms in total. The number of nitrogen functional groups attached to an aromatic ring is 1.